The molecule has 0 aliphatic carbocycles. The molecule has 4 aromatic heterocycles. The fourth-order valence-electron chi connectivity index (χ4n) is 2.89. The molecule has 7 heteroatoms. The van der Waals surface area contributed by atoms with Crippen molar-refractivity contribution in [2.24, 2.45) is 0 Å². The number of hydrogen-bond acceptors (Lipinski definition) is 6. The van der Waals surface area contributed by atoms with E-state index in [0.717, 1.165) is 31.9 Å². The Morgan fingerprint density at radius 2 is 1.90 bits per heavy atom. The van der Waals surface area contributed by atoms with E-state index < -0.39 is 11.7 Å². The molecule has 0 fully saturated rings. The van der Waals surface area contributed by atoms with Gasteiger partial charge in [-0.05, 0) is 57.2 Å². The molecule has 4 rings (SSSR count). The second-order valence-electron chi connectivity index (χ2n) is 7.89. The van der Waals surface area contributed by atoms with Crippen LogP contribution in [0.1, 0.15) is 20.8 Å². The summed E-state index contributed by atoms with van der Waals surface area (Å²) in [5.74, 6) is 0.518. The first-order valence-corrected chi connectivity index (χ1v) is 10.4. The van der Waals surface area contributed by atoms with E-state index in [0.29, 0.717) is 5.82 Å². The number of ether oxygens (including phenoxy) is 1. The highest BCUT2D eigenvalue weighted by molar-refractivity contribution is 7.21. The zero-order valence-electron chi connectivity index (χ0n) is 17.3. The lowest BCUT2D eigenvalue weighted by atomic mass is 10.1. The van der Waals surface area contributed by atoms with Gasteiger partial charge in [0.15, 0.2) is 0 Å². The number of anilines is 1. The summed E-state index contributed by atoms with van der Waals surface area (Å²) >= 11 is 1.64. The van der Waals surface area contributed by atoms with Gasteiger partial charge in [0.2, 0.25) is 0 Å². The number of nitrogens with zero attached hydrogens (tertiary/aromatic N) is 4. The highest BCUT2D eigenvalue weighted by Crippen LogP contribution is 2.33. The molecule has 30 heavy (non-hydrogen) atoms. The molecule has 0 aliphatic rings. The molecule has 0 aliphatic heterocycles. The molecule has 0 aromatic carbocycles. The molecule has 0 saturated heterocycles. The van der Waals surface area contributed by atoms with Crippen molar-refractivity contribution in [3.05, 3.63) is 61.1 Å². The average molecular weight is 419 g/mol. The third-order valence-corrected chi connectivity index (χ3v) is 5.48. The first kappa shape index (κ1) is 20.0. The normalized spacial score (nSPS) is 11.5. The van der Waals surface area contributed by atoms with Crippen LogP contribution in [0.4, 0.5) is 10.6 Å². The Hall–Kier alpha value is -3.32. The topological polar surface area (TPSA) is 68.2 Å². The van der Waals surface area contributed by atoms with Crippen molar-refractivity contribution in [3.63, 3.8) is 0 Å². The quantitative estimate of drug-likeness (QED) is 0.421. The van der Waals surface area contributed by atoms with E-state index >= 15 is 0 Å². The van der Waals surface area contributed by atoms with Gasteiger partial charge in [-0.15, -0.1) is 11.3 Å². The second-order valence-corrected chi connectivity index (χ2v) is 8.92. The Bertz CT molecular complexity index is 1180. The minimum absolute atomic E-state index is 0.441. The summed E-state index contributed by atoms with van der Waals surface area (Å²) in [6.45, 7) is 5.50. The van der Waals surface area contributed by atoms with E-state index in [-0.39, 0.29) is 0 Å². The standard InChI is InChI=1S/C23H22N4O2S/c1-23(2,3)29-22(28)27(4)20-10-8-16(14-25-20)18-9-7-15-12-19(30-21(15)26-18)17-6-5-11-24-13-17/h5-14H,1-4H3. The number of amides is 1. The summed E-state index contributed by atoms with van der Waals surface area (Å²) < 4.78 is 5.39. The number of carbonyl (C=O) groups excluding carboxylic acids is 1. The molecule has 0 unspecified atom stereocenters. The van der Waals surface area contributed by atoms with Gasteiger partial charge >= 0.3 is 6.09 Å². The predicted molar refractivity (Wildman–Crippen MR) is 121 cm³/mol. The number of aromatic nitrogens is 3. The molecule has 4 heterocycles. The fourth-order valence-corrected chi connectivity index (χ4v) is 3.91. The van der Waals surface area contributed by atoms with Gasteiger partial charge in [0.25, 0.3) is 0 Å². The molecule has 0 radical (unpaired) electrons. The van der Waals surface area contributed by atoms with E-state index in [9.17, 15) is 4.79 Å². The van der Waals surface area contributed by atoms with Crippen molar-refractivity contribution in [1.82, 2.24) is 15.0 Å². The summed E-state index contributed by atoms with van der Waals surface area (Å²) in [6, 6.07) is 13.9. The molecular formula is C23H22N4O2S. The molecule has 0 bridgehead atoms. The maximum absolute atomic E-state index is 12.2. The van der Waals surface area contributed by atoms with E-state index in [1.807, 2.05) is 51.2 Å². The zero-order chi connectivity index (χ0) is 21.3. The van der Waals surface area contributed by atoms with Crippen molar-refractivity contribution in [1.29, 1.82) is 0 Å². The van der Waals surface area contributed by atoms with Crippen LogP contribution in [0.15, 0.2) is 61.1 Å². The van der Waals surface area contributed by atoms with Gasteiger partial charge in [0.1, 0.15) is 16.2 Å². The fraction of sp³-hybridized carbons (Fsp3) is 0.217. The molecule has 1 amide bonds. The largest absolute Gasteiger partial charge is 0.443 e. The van der Waals surface area contributed by atoms with Gasteiger partial charge in [-0.3, -0.25) is 9.88 Å². The van der Waals surface area contributed by atoms with Gasteiger partial charge in [-0.2, -0.15) is 0 Å². The summed E-state index contributed by atoms with van der Waals surface area (Å²) in [5, 5.41) is 1.09. The van der Waals surface area contributed by atoms with Crippen LogP contribution in [-0.2, 0) is 4.74 Å². The Balaban J connectivity index is 1.57. The van der Waals surface area contributed by atoms with E-state index in [4.69, 9.17) is 9.72 Å². The van der Waals surface area contributed by atoms with Crippen molar-refractivity contribution >= 4 is 33.5 Å². The molecule has 4 aromatic rings. The van der Waals surface area contributed by atoms with Gasteiger partial charge in [0.05, 0.1) is 5.69 Å². The first-order chi connectivity index (χ1) is 14.3. The maximum atomic E-state index is 12.2. The lowest BCUT2D eigenvalue weighted by Crippen LogP contribution is -2.34. The number of hydrogen-bond donors (Lipinski definition) is 0. The zero-order valence-corrected chi connectivity index (χ0v) is 18.1. The third kappa shape index (κ3) is 4.31. The van der Waals surface area contributed by atoms with Crippen molar-refractivity contribution in [2.45, 2.75) is 26.4 Å². The van der Waals surface area contributed by atoms with Crippen LogP contribution in [0, 0.1) is 0 Å². The number of rotatable bonds is 3. The molecule has 0 N–H and O–H groups in total. The number of fused-ring (bicyclic) bond motifs is 1. The van der Waals surface area contributed by atoms with E-state index in [1.54, 1.807) is 36.8 Å². The SMILES string of the molecule is CN(C(=O)OC(C)(C)C)c1ccc(-c2ccc3cc(-c4cccnc4)sc3n2)cn1. The van der Waals surface area contributed by atoms with Crippen molar-refractivity contribution in [2.75, 3.05) is 11.9 Å². The Kier molecular flexibility index (Phi) is 5.22. The molecule has 0 spiro atoms. The molecule has 152 valence electrons. The van der Waals surface area contributed by atoms with Crippen LogP contribution >= 0.6 is 11.3 Å². The van der Waals surface area contributed by atoms with Crippen molar-refractivity contribution in [3.8, 4) is 21.7 Å². The van der Waals surface area contributed by atoms with Gasteiger partial charge < -0.3 is 4.74 Å². The van der Waals surface area contributed by atoms with Crippen molar-refractivity contribution < 1.29 is 9.53 Å². The van der Waals surface area contributed by atoms with Crippen LogP contribution in [-0.4, -0.2) is 33.7 Å². The van der Waals surface area contributed by atoms with Crippen LogP contribution in [0.5, 0.6) is 0 Å². The molecule has 0 atom stereocenters. The Morgan fingerprint density at radius 1 is 1.07 bits per heavy atom. The minimum Gasteiger partial charge on any atom is -0.443 e. The van der Waals surface area contributed by atoms with Crippen LogP contribution in [0.3, 0.4) is 0 Å². The average Bonchev–Trinajstić information content (AvgIpc) is 3.16. The van der Waals surface area contributed by atoms with Gasteiger partial charge in [0, 0.05) is 47.0 Å². The van der Waals surface area contributed by atoms with Crippen LogP contribution < -0.4 is 4.90 Å². The molecular weight excluding hydrogens is 396 g/mol. The lowest BCUT2D eigenvalue weighted by molar-refractivity contribution is 0.0588. The highest BCUT2D eigenvalue weighted by atomic mass is 32.1. The smallest absolute Gasteiger partial charge is 0.415 e. The van der Waals surface area contributed by atoms with E-state index in [1.165, 1.54) is 4.90 Å². The van der Waals surface area contributed by atoms with Gasteiger partial charge in [-0.1, -0.05) is 6.07 Å². The van der Waals surface area contributed by atoms with Crippen LogP contribution in [0.2, 0.25) is 0 Å². The number of thiophene rings is 1. The number of pyridine rings is 3. The number of carbonyl (C=O) groups is 1. The summed E-state index contributed by atoms with van der Waals surface area (Å²) in [6.07, 6.45) is 4.91. The van der Waals surface area contributed by atoms with Crippen LogP contribution in [0.25, 0.3) is 31.9 Å². The molecule has 6 nitrogen and oxygen atoms in total. The minimum atomic E-state index is -0.556. The maximum Gasteiger partial charge on any atom is 0.415 e. The third-order valence-electron chi connectivity index (χ3n) is 4.38. The summed E-state index contributed by atoms with van der Waals surface area (Å²) in [7, 11) is 1.64. The highest BCUT2D eigenvalue weighted by Gasteiger charge is 2.21. The lowest BCUT2D eigenvalue weighted by Gasteiger charge is -2.24. The Labute approximate surface area is 179 Å². The monoisotopic (exact) mass is 418 g/mol. The Morgan fingerprint density at radius 3 is 2.57 bits per heavy atom. The summed E-state index contributed by atoms with van der Waals surface area (Å²) in [5.41, 5.74) is 2.24. The van der Waals surface area contributed by atoms with Gasteiger partial charge in [-0.25, -0.2) is 14.8 Å². The predicted octanol–water partition coefficient (Wildman–Crippen LogP) is 5.79. The second kappa shape index (κ2) is 7.84. The molecule has 0 saturated carbocycles. The van der Waals surface area contributed by atoms with E-state index in [2.05, 4.69) is 22.1 Å². The first-order valence-electron chi connectivity index (χ1n) is 9.54. The summed E-state index contributed by atoms with van der Waals surface area (Å²) in [4.78, 5) is 29.1.